The third-order valence-electron chi connectivity index (χ3n) is 3.40. The second-order valence-electron chi connectivity index (χ2n) is 5.38. The molecule has 6 nitrogen and oxygen atoms in total. The minimum Gasteiger partial charge on any atom is -0.475 e. The average Bonchev–Trinajstić information content (AvgIpc) is 2.66. The van der Waals surface area contributed by atoms with E-state index in [9.17, 15) is 0 Å². The molecule has 7 heteroatoms. The Kier molecular flexibility index (Phi) is 11.4. The third-order valence-corrected chi connectivity index (χ3v) is 3.40. The second kappa shape index (κ2) is 13.3. The van der Waals surface area contributed by atoms with Gasteiger partial charge in [0, 0.05) is 32.5 Å². The van der Waals surface area contributed by atoms with Crippen molar-refractivity contribution in [3.8, 4) is 5.88 Å². The molecule has 0 saturated heterocycles. The zero-order valence-corrected chi connectivity index (χ0v) is 17.6. The van der Waals surface area contributed by atoms with E-state index in [1.807, 2.05) is 37.3 Å². The number of nitrogens with zero attached hydrogens (tertiary/aromatic N) is 2. The highest BCUT2D eigenvalue weighted by atomic mass is 127. The van der Waals surface area contributed by atoms with Crippen molar-refractivity contribution < 1.29 is 9.47 Å². The Balaban J connectivity index is 0.00000338. The lowest BCUT2D eigenvalue weighted by Crippen LogP contribution is -2.36. The van der Waals surface area contributed by atoms with Gasteiger partial charge in [-0.2, -0.15) is 0 Å². The molecule has 0 aliphatic heterocycles. The number of ether oxygens (including phenoxy) is 2. The quantitative estimate of drug-likeness (QED) is 0.255. The first-order valence-corrected chi connectivity index (χ1v) is 8.44. The average molecular weight is 470 g/mol. The van der Waals surface area contributed by atoms with E-state index >= 15 is 0 Å². The van der Waals surface area contributed by atoms with Gasteiger partial charge in [-0.3, -0.25) is 0 Å². The highest BCUT2D eigenvalue weighted by Gasteiger charge is 2.00. The van der Waals surface area contributed by atoms with Crippen LogP contribution in [0, 0.1) is 0 Å². The van der Waals surface area contributed by atoms with E-state index in [0.29, 0.717) is 25.6 Å². The molecule has 1 aromatic carbocycles. The van der Waals surface area contributed by atoms with Crippen molar-refractivity contribution in [1.82, 2.24) is 15.6 Å². The van der Waals surface area contributed by atoms with Crippen molar-refractivity contribution in [2.24, 2.45) is 4.99 Å². The normalized spacial score (nSPS) is 10.8. The minimum absolute atomic E-state index is 0. The first-order chi connectivity index (χ1) is 12.3. The summed E-state index contributed by atoms with van der Waals surface area (Å²) in [6, 6.07) is 14.1. The minimum atomic E-state index is 0. The van der Waals surface area contributed by atoms with Crippen molar-refractivity contribution in [2.45, 2.75) is 20.0 Å². The van der Waals surface area contributed by atoms with Crippen LogP contribution in [0.25, 0.3) is 0 Å². The van der Waals surface area contributed by atoms with E-state index in [0.717, 1.165) is 24.6 Å². The summed E-state index contributed by atoms with van der Waals surface area (Å²) in [6.07, 6.45) is 1.78. The van der Waals surface area contributed by atoms with Gasteiger partial charge >= 0.3 is 0 Å². The van der Waals surface area contributed by atoms with Crippen LogP contribution in [-0.2, 0) is 17.8 Å². The lowest BCUT2D eigenvalue weighted by atomic mass is 10.2. The Hall–Kier alpha value is -1.87. The number of aromatic nitrogens is 1. The maximum absolute atomic E-state index is 5.46. The molecular weight excluding hydrogens is 443 g/mol. The number of methoxy groups -OCH3 is 1. The molecule has 0 saturated carbocycles. The summed E-state index contributed by atoms with van der Waals surface area (Å²) < 4.78 is 10.4. The standard InChI is InChI=1S/C19H26N4O2.HI/c1-3-20-19(22-13-16-7-5-4-6-8-16)23-15-17-9-10-18(21-14-17)25-12-11-24-2;/h4-10,14H,3,11-13,15H2,1-2H3,(H2,20,22,23);1H. The molecule has 0 fully saturated rings. The van der Waals surface area contributed by atoms with Gasteiger partial charge in [0.25, 0.3) is 0 Å². The number of nitrogens with one attached hydrogen (secondary N) is 2. The molecule has 0 aliphatic rings. The van der Waals surface area contributed by atoms with Gasteiger partial charge in [0.15, 0.2) is 5.96 Å². The van der Waals surface area contributed by atoms with E-state index in [1.54, 1.807) is 13.3 Å². The summed E-state index contributed by atoms with van der Waals surface area (Å²) >= 11 is 0. The summed E-state index contributed by atoms with van der Waals surface area (Å²) in [5.74, 6) is 1.38. The van der Waals surface area contributed by atoms with Crippen LogP contribution in [0.4, 0.5) is 0 Å². The van der Waals surface area contributed by atoms with Gasteiger partial charge in [0.2, 0.25) is 5.88 Å². The van der Waals surface area contributed by atoms with Crippen LogP contribution in [0.1, 0.15) is 18.1 Å². The predicted molar refractivity (Wildman–Crippen MR) is 115 cm³/mol. The van der Waals surface area contributed by atoms with Crippen molar-refractivity contribution in [3.05, 3.63) is 59.8 Å². The third kappa shape index (κ3) is 8.48. The Labute approximate surface area is 172 Å². The molecule has 0 aliphatic carbocycles. The Bertz CT molecular complexity index is 636. The van der Waals surface area contributed by atoms with Gasteiger partial charge in [-0.25, -0.2) is 9.98 Å². The van der Waals surface area contributed by atoms with Gasteiger partial charge in [-0.15, -0.1) is 24.0 Å². The lowest BCUT2D eigenvalue weighted by molar-refractivity contribution is 0.143. The maximum atomic E-state index is 5.46. The molecule has 2 rings (SSSR count). The molecule has 142 valence electrons. The Morgan fingerprint density at radius 3 is 2.50 bits per heavy atom. The van der Waals surface area contributed by atoms with Crippen molar-refractivity contribution in [2.75, 3.05) is 26.9 Å². The molecule has 1 heterocycles. The fourth-order valence-corrected chi connectivity index (χ4v) is 2.11. The lowest BCUT2D eigenvalue weighted by Gasteiger charge is -2.11. The number of hydrogen-bond donors (Lipinski definition) is 2. The molecule has 0 amide bonds. The first-order valence-electron chi connectivity index (χ1n) is 8.44. The fraction of sp³-hybridized carbons (Fsp3) is 0.368. The van der Waals surface area contributed by atoms with Gasteiger partial charge in [0.1, 0.15) is 6.61 Å². The van der Waals surface area contributed by atoms with E-state index in [1.165, 1.54) is 5.56 Å². The van der Waals surface area contributed by atoms with Crippen molar-refractivity contribution >= 4 is 29.9 Å². The van der Waals surface area contributed by atoms with Gasteiger partial charge in [-0.1, -0.05) is 36.4 Å². The number of rotatable bonds is 9. The topological polar surface area (TPSA) is 67.8 Å². The largest absolute Gasteiger partial charge is 0.475 e. The second-order valence-corrected chi connectivity index (χ2v) is 5.38. The van der Waals surface area contributed by atoms with Gasteiger partial charge in [0.05, 0.1) is 13.2 Å². The van der Waals surface area contributed by atoms with E-state index in [-0.39, 0.29) is 24.0 Å². The zero-order chi connectivity index (χ0) is 17.7. The molecule has 26 heavy (non-hydrogen) atoms. The van der Waals surface area contributed by atoms with Crippen LogP contribution in [0.5, 0.6) is 5.88 Å². The molecule has 0 atom stereocenters. The van der Waals surface area contributed by atoms with E-state index < -0.39 is 0 Å². The highest BCUT2D eigenvalue weighted by molar-refractivity contribution is 14.0. The molecule has 2 aromatic rings. The molecule has 0 spiro atoms. The number of guanidine groups is 1. The van der Waals surface area contributed by atoms with E-state index in [2.05, 4.69) is 32.7 Å². The van der Waals surface area contributed by atoms with Crippen molar-refractivity contribution in [1.29, 1.82) is 0 Å². The van der Waals surface area contributed by atoms with Gasteiger partial charge < -0.3 is 20.1 Å². The summed E-state index contributed by atoms with van der Waals surface area (Å²) in [4.78, 5) is 8.88. The Morgan fingerprint density at radius 2 is 1.85 bits per heavy atom. The molecule has 2 N–H and O–H groups in total. The van der Waals surface area contributed by atoms with Crippen LogP contribution in [-0.4, -0.2) is 37.8 Å². The summed E-state index contributed by atoms with van der Waals surface area (Å²) in [6.45, 7) is 5.19. The number of pyridine rings is 1. The summed E-state index contributed by atoms with van der Waals surface area (Å²) in [7, 11) is 1.64. The van der Waals surface area contributed by atoms with Crippen LogP contribution in [0.3, 0.4) is 0 Å². The summed E-state index contributed by atoms with van der Waals surface area (Å²) in [5, 5.41) is 6.58. The number of aliphatic imine (C=N–C) groups is 1. The van der Waals surface area contributed by atoms with Crippen LogP contribution in [0.15, 0.2) is 53.7 Å². The monoisotopic (exact) mass is 470 g/mol. The predicted octanol–water partition coefficient (Wildman–Crippen LogP) is 2.98. The smallest absolute Gasteiger partial charge is 0.213 e. The SMILES string of the molecule is CCNC(=NCc1ccc(OCCOC)nc1)NCc1ccccc1.I. The van der Waals surface area contributed by atoms with Crippen LogP contribution < -0.4 is 15.4 Å². The number of benzene rings is 1. The molecule has 0 radical (unpaired) electrons. The van der Waals surface area contributed by atoms with E-state index in [4.69, 9.17) is 9.47 Å². The van der Waals surface area contributed by atoms with Gasteiger partial charge in [-0.05, 0) is 18.1 Å². The molecule has 0 unspecified atom stereocenters. The fourth-order valence-electron chi connectivity index (χ4n) is 2.11. The maximum Gasteiger partial charge on any atom is 0.213 e. The van der Waals surface area contributed by atoms with Crippen LogP contribution in [0.2, 0.25) is 0 Å². The summed E-state index contributed by atoms with van der Waals surface area (Å²) in [5.41, 5.74) is 2.24. The molecule has 0 bridgehead atoms. The zero-order valence-electron chi connectivity index (χ0n) is 15.3. The highest BCUT2D eigenvalue weighted by Crippen LogP contribution is 2.08. The number of halogens is 1. The number of hydrogen-bond acceptors (Lipinski definition) is 4. The molecule has 1 aromatic heterocycles. The Morgan fingerprint density at radius 1 is 1.04 bits per heavy atom. The molecular formula is C19H27IN4O2. The van der Waals surface area contributed by atoms with Crippen LogP contribution >= 0.6 is 24.0 Å². The van der Waals surface area contributed by atoms with Crippen molar-refractivity contribution in [3.63, 3.8) is 0 Å². The first kappa shape index (κ1) is 22.2.